The van der Waals surface area contributed by atoms with E-state index in [1.54, 1.807) is 32.1 Å². The first-order valence-electron chi connectivity index (χ1n) is 8.36. The van der Waals surface area contributed by atoms with E-state index < -0.39 is 10.0 Å². The zero-order valence-electron chi connectivity index (χ0n) is 15.5. The van der Waals surface area contributed by atoms with Gasteiger partial charge in [0.2, 0.25) is 11.8 Å². The molecule has 8 nitrogen and oxygen atoms in total. The molecular weight excluding hydrogens is 382 g/mol. The Morgan fingerprint density at radius 2 is 1.79 bits per heavy atom. The fourth-order valence-corrected chi connectivity index (χ4v) is 3.34. The van der Waals surface area contributed by atoms with Crippen molar-refractivity contribution in [2.24, 2.45) is 0 Å². The Balaban J connectivity index is 1.66. The number of hydrogen-bond acceptors (Lipinski definition) is 6. The molecular formula is C19H19N3O5S. The molecule has 0 atom stereocenters. The Morgan fingerprint density at radius 1 is 1.07 bits per heavy atom. The Kier molecular flexibility index (Phi) is 5.36. The monoisotopic (exact) mass is 401 g/mol. The standard InChI is InChI=1S/C19H19N3O5S/c1-12-4-7-16(26-12)8-11-18(23)20-15-5-9-17(10-6-15)28(24,25)22-19-13(2)14(3)21-27-19/h4-11,22H,1-3H3,(H,20,23). The summed E-state index contributed by atoms with van der Waals surface area (Å²) < 4.78 is 37.6. The van der Waals surface area contributed by atoms with E-state index in [4.69, 9.17) is 8.94 Å². The zero-order valence-corrected chi connectivity index (χ0v) is 16.3. The van der Waals surface area contributed by atoms with Gasteiger partial charge in [-0.15, -0.1) is 0 Å². The molecule has 1 amide bonds. The molecule has 3 rings (SSSR count). The molecule has 146 valence electrons. The molecule has 0 radical (unpaired) electrons. The normalized spacial score (nSPS) is 11.7. The summed E-state index contributed by atoms with van der Waals surface area (Å²) >= 11 is 0. The fraction of sp³-hybridized carbons (Fsp3) is 0.158. The van der Waals surface area contributed by atoms with Crippen LogP contribution in [0.2, 0.25) is 0 Å². The number of benzene rings is 1. The number of nitrogens with zero attached hydrogens (tertiary/aromatic N) is 1. The number of sulfonamides is 1. The predicted molar refractivity (Wildman–Crippen MR) is 104 cm³/mol. The van der Waals surface area contributed by atoms with E-state index in [1.807, 2.05) is 6.92 Å². The van der Waals surface area contributed by atoms with Gasteiger partial charge in [-0.3, -0.25) is 4.79 Å². The van der Waals surface area contributed by atoms with E-state index in [2.05, 4.69) is 15.2 Å². The van der Waals surface area contributed by atoms with Crippen molar-refractivity contribution in [3.63, 3.8) is 0 Å². The van der Waals surface area contributed by atoms with Gasteiger partial charge in [-0.2, -0.15) is 0 Å². The van der Waals surface area contributed by atoms with Crippen molar-refractivity contribution < 1.29 is 22.2 Å². The number of carbonyl (C=O) groups excluding carboxylic acids is 1. The summed E-state index contributed by atoms with van der Waals surface area (Å²) in [7, 11) is -3.83. The van der Waals surface area contributed by atoms with Crippen LogP contribution in [0.15, 0.2) is 56.3 Å². The van der Waals surface area contributed by atoms with Gasteiger partial charge in [0.05, 0.1) is 10.6 Å². The van der Waals surface area contributed by atoms with Crippen LogP contribution in [0.3, 0.4) is 0 Å². The lowest BCUT2D eigenvalue weighted by molar-refractivity contribution is -0.111. The third-order valence-corrected chi connectivity index (χ3v) is 5.32. The van der Waals surface area contributed by atoms with Gasteiger partial charge in [-0.05, 0) is 63.2 Å². The second kappa shape index (κ2) is 7.73. The number of rotatable bonds is 6. The van der Waals surface area contributed by atoms with Crippen LogP contribution < -0.4 is 10.0 Å². The summed E-state index contributed by atoms with van der Waals surface area (Å²) in [6.07, 6.45) is 2.88. The predicted octanol–water partition coefficient (Wildman–Crippen LogP) is 3.65. The maximum atomic E-state index is 12.5. The molecule has 0 unspecified atom stereocenters. The molecule has 28 heavy (non-hydrogen) atoms. The maximum Gasteiger partial charge on any atom is 0.264 e. The number of amides is 1. The lowest BCUT2D eigenvalue weighted by Crippen LogP contribution is -2.13. The molecule has 2 N–H and O–H groups in total. The molecule has 0 fully saturated rings. The van der Waals surface area contributed by atoms with Gasteiger partial charge in [0.25, 0.3) is 10.0 Å². The maximum absolute atomic E-state index is 12.5. The number of furan rings is 1. The van der Waals surface area contributed by atoms with Gasteiger partial charge in [-0.1, -0.05) is 5.16 Å². The van der Waals surface area contributed by atoms with Crippen molar-refractivity contribution in [1.82, 2.24) is 5.16 Å². The number of nitrogens with one attached hydrogen (secondary N) is 2. The second-order valence-electron chi connectivity index (χ2n) is 6.12. The average molecular weight is 401 g/mol. The van der Waals surface area contributed by atoms with Crippen LogP contribution in [0.1, 0.15) is 22.8 Å². The van der Waals surface area contributed by atoms with Crippen molar-refractivity contribution in [2.75, 3.05) is 10.0 Å². The Hall–Kier alpha value is -3.33. The van der Waals surface area contributed by atoms with Crippen LogP contribution in [0.4, 0.5) is 11.6 Å². The van der Waals surface area contributed by atoms with Crippen LogP contribution in [0, 0.1) is 20.8 Å². The minimum absolute atomic E-state index is 0.0283. The van der Waals surface area contributed by atoms with E-state index in [-0.39, 0.29) is 16.7 Å². The SMILES string of the molecule is Cc1ccc(C=CC(=O)Nc2ccc(S(=O)(=O)Nc3onc(C)c3C)cc2)o1. The smallest absolute Gasteiger partial charge is 0.264 e. The number of aromatic nitrogens is 1. The van der Waals surface area contributed by atoms with Gasteiger partial charge in [0.1, 0.15) is 11.5 Å². The van der Waals surface area contributed by atoms with Crippen molar-refractivity contribution in [1.29, 1.82) is 0 Å². The summed E-state index contributed by atoms with van der Waals surface area (Å²) in [5.41, 5.74) is 1.68. The Morgan fingerprint density at radius 3 is 2.36 bits per heavy atom. The van der Waals surface area contributed by atoms with Gasteiger partial charge >= 0.3 is 0 Å². The third kappa shape index (κ3) is 4.49. The average Bonchev–Trinajstić information content (AvgIpc) is 3.20. The zero-order chi connectivity index (χ0) is 20.3. The lowest BCUT2D eigenvalue weighted by Gasteiger charge is -2.07. The highest BCUT2D eigenvalue weighted by atomic mass is 32.2. The highest BCUT2D eigenvalue weighted by Crippen LogP contribution is 2.22. The Bertz CT molecular complexity index is 1120. The lowest BCUT2D eigenvalue weighted by atomic mass is 10.3. The number of hydrogen-bond donors (Lipinski definition) is 2. The largest absolute Gasteiger partial charge is 0.462 e. The molecule has 0 spiro atoms. The Labute approximate surface area is 162 Å². The first kappa shape index (κ1) is 19.4. The van der Waals surface area contributed by atoms with Gasteiger partial charge in [-0.25, -0.2) is 13.1 Å². The van der Waals surface area contributed by atoms with E-state index >= 15 is 0 Å². The topological polar surface area (TPSA) is 114 Å². The molecule has 0 aliphatic carbocycles. The van der Waals surface area contributed by atoms with E-state index in [1.165, 1.54) is 30.3 Å². The number of carbonyl (C=O) groups is 1. The highest BCUT2D eigenvalue weighted by molar-refractivity contribution is 7.92. The first-order chi connectivity index (χ1) is 13.2. The highest BCUT2D eigenvalue weighted by Gasteiger charge is 2.19. The van der Waals surface area contributed by atoms with Crippen molar-refractivity contribution >= 4 is 33.6 Å². The molecule has 2 aromatic heterocycles. The van der Waals surface area contributed by atoms with Gasteiger partial charge in [0.15, 0.2) is 0 Å². The van der Waals surface area contributed by atoms with Crippen molar-refractivity contribution in [3.8, 4) is 0 Å². The number of anilines is 2. The molecule has 0 aliphatic heterocycles. The van der Waals surface area contributed by atoms with E-state index in [0.717, 1.165) is 5.76 Å². The van der Waals surface area contributed by atoms with E-state index in [0.29, 0.717) is 22.7 Å². The van der Waals surface area contributed by atoms with Crippen LogP contribution in [-0.2, 0) is 14.8 Å². The second-order valence-corrected chi connectivity index (χ2v) is 7.81. The third-order valence-electron chi connectivity index (χ3n) is 3.98. The van der Waals surface area contributed by atoms with Crippen molar-refractivity contribution in [3.05, 3.63) is 65.3 Å². The molecule has 0 saturated heterocycles. The first-order valence-corrected chi connectivity index (χ1v) is 9.84. The summed E-state index contributed by atoms with van der Waals surface area (Å²) in [4.78, 5) is 12.0. The minimum atomic E-state index is -3.83. The minimum Gasteiger partial charge on any atom is -0.462 e. The molecule has 0 bridgehead atoms. The molecule has 3 aromatic rings. The van der Waals surface area contributed by atoms with Gasteiger partial charge in [0, 0.05) is 17.3 Å². The number of aryl methyl sites for hydroxylation is 2. The van der Waals surface area contributed by atoms with Gasteiger partial charge < -0.3 is 14.3 Å². The van der Waals surface area contributed by atoms with Crippen LogP contribution >= 0.6 is 0 Å². The molecule has 0 aliphatic rings. The summed E-state index contributed by atoms with van der Waals surface area (Å²) in [5, 5.41) is 6.37. The summed E-state index contributed by atoms with van der Waals surface area (Å²) in [6, 6.07) is 9.31. The van der Waals surface area contributed by atoms with Crippen molar-refractivity contribution in [2.45, 2.75) is 25.7 Å². The molecule has 1 aromatic carbocycles. The fourth-order valence-electron chi connectivity index (χ4n) is 2.29. The van der Waals surface area contributed by atoms with Crippen LogP contribution in [0.25, 0.3) is 6.08 Å². The quantitative estimate of drug-likeness (QED) is 0.610. The van der Waals surface area contributed by atoms with Crippen LogP contribution in [-0.4, -0.2) is 19.5 Å². The van der Waals surface area contributed by atoms with Crippen LogP contribution in [0.5, 0.6) is 0 Å². The molecule has 0 saturated carbocycles. The molecule has 9 heteroatoms. The van der Waals surface area contributed by atoms with E-state index in [9.17, 15) is 13.2 Å². The molecule has 2 heterocycles. The summed E-state index contributed by atoms with van der Waals surface area (Å²) in [6.45, 7) is 5.24. The summed E-state index contributed by atoms with van der Waals surface area (Å²) in [5.74, 6) is 1.03.